The number of ether oxygens (including phenoxy) is 2. The van der Waals surface area contributed by atoms with Crippen LogP contribution >= 0.6 is 0 Å². The van der Waals surface area contributed by atoms with E-state index in [1.54, 1.807) is 0 Å². The minimum absolute atomic E-state index is 0.136. The number of hydrogen-bond acceptors (Lipinski definition) is 3. The third-order valence-electron chi connectivity index (χ3n) is 2.64. The monoisotopic (exact) mass is 280 g/mol. The highest BCUT2D eigenvalue weighted by Gasteiger charge is 2.06. The Labute approximate surface area is 120 Å². The van der Waals surface area contributed by atoms with Gasteiger partial charge in [-0.3, -0.25) is 0 Å². The Morgan fingerprint density at radius 1 is 1.05 bits per heavy atom. The molecule has 2 N–H and O–H groups in total. The fourth-order valence-corrected chi connectivity index (χ4v) is 1.79. The highest BCUT2D eigenvalue weighted by atomic mass is 16.5. The molecular weight excluding hydrogens is 256 g/mol. The summed E-state index contributed by atoms with van der Waals surface area (Å²) in [6.07, 6.45) is 0.754. The second-order valence-corrected chi connectivity index (χ2v) is 4.18. The molecule has 0 heterocycles. The summed E-state index contributed by atoms with van der Waals surface area (Å²) in [5.74, 6) is 1.51. The topological polar surface area (TPSA) is 59.6 Å². The first-order valence-electron chi connectivity index (χ1n) is 7.11. The third kappa shape index (κ3) is 5.38. The molecule has 20 heavy (non-hydrogen) atoms. The van der Waals surface area contributed by atoms with Crippen LogP contribution in [0.3, 0.4) is 0 Å². The van der Waals surface area contributed by atoms with Crippen LogP contribution in [0.25, 0.3) is 0 Å². The molecule has 0 aliphatic rings. The lowest BCUT2D eigenvalue weighted by Crippen LogP contribution is -2.36. The van der Waals surface area contributed by atoms with Gasteiger partial charge in [0.2, 0.25) is 0 Å². The largest absolute Gasteiger partial charge is 0.490 e. The molecule has 0 aliphatic heterocycles. The molecule has 0 saturated heterocycles. The fraction of sp³-hybridized carbons (Fsp3) is 0.533. The van der Waals surface area contributed by atoms with E-state index in [0.717, 1.165) is 23.5 Å². The van der Waals surface area contributed by atoms with Crippen LogP contribution in [-0.2, 0) is 6.42 Å². The van der Waals surface area contributed by atoms with Crippen LogP contribution in [0.1, 0.15) is 26.3 Å². The van der Waals surface area contributed by atoms with Crippen molar-refractivity contribution >= 4 is 6.03 Å². The zero-order valence-electron chi connectivity index (χ0n) is 12.5. The number of benzene rings is 1. The zero-order chi connectivity index (χ0) is 14.8. The molecule has 1 rings (SSSR count). The number of rotatable bonds is 8. The van der Waals surface area contributed by atoms with Gasteiger partial charge < -0.3 is 20.1 Å². The number of carbonyl (C=O) groups excluding carboxylic acids is 1. The molecule has 2 amide bonds. The molecule has 5 nitrogen and oxygen atoms in total. The molecule has 1 aromatic carbocycles. The van der Waals surface area contributed by atoms with Crippen LogP contribution in [0.15, 0.2) is 18.2 Å². The first-order valence-corrected chi connectivity index (χ1v) is 7.11. The minimum Gasteiger partial charge on any atom is -0.490 e. The van der Waals surface area contributed by atoms with Crippen LogP contribution < -0.4 is 20.1 Å². The number of carbonyl (C=O) groups is 1. The molecule has 1 aromatic rings. The smallest absolute Gasteiger partial charge is 0.314 e. The molecule has 0 fully saturated rings. The molecule has 0 atom stereocenters. The van der Waals surface area contributed by atoms with E-state index in [1.807, 2.05) is 39.0 Å². The molecule has 5 heteroatoms. The number of hydrogen-bond donors (Lipinski definition) is 2. The van der Waals surface area contributed by atoms with Gasteiger partial charge in [-0.2, -0.15) is 0 Å². The van der Waals surface area contributed by atoms with E-state index in [1.165, 1.54) is 0 Å². The standard InChI is InChI=1S/C15H24N2O3/c1-4-16-15(18)17-10-9-12-7-8-13(19-5-2)14(11-12)20-6-3/h7-8,11H,4-6,9-10H2,1-3H3,(H2,16,17,18). The lowest BCUT2D eigenvalue weighted by atomic mass is 10.1. The zero-order valence-corrected chi connectivity index (χ0v) is 12.5. The van der Waals surface area contributed by atoms with E-state index in [9.17, 15) is 4.79 Å². The Morgan fingerprint density at radius 3 is 2.40 bits per heavy atom. The van der Waals surface area contributed by atoms with Crippen molar-refractivity contribution in [1.29, 1.82) is 0 Å². The summed E-state index contributed by atoms with van der Waals surface area (Å²) in [6, 6.07) is 5.74. The van der Waals surface area contributed by atoms with E-state index in [0.29, 0.717) is 26.3 Å². The Morgan fingerprint density at radius 2 is 1.75 bits per heavy atom. The lowest BCUT2D eigenvalue weighted by Gasteiger charge is -2.12. The van der Waals surface area contributed by atoms with Crippen molar-refractivity contribution in [2.45, 2.75) is 27.2 Å². The first-order chi connectivity index (χ1) is 9.71. The second-order valence-electron chi connectivity index (χ2n) is 4.18. The summed E-state index contributed by atoms with van der Waals surface area (Å²) in [6.45, 7) is 8.20. The van der Waals surface area contributed by atoms with Gasteiger partial charge in [0.1, 0.15) is 0 Å². The first kappa shape index (κ1) is 16.1. The van der Waals surface area contributed by atoms with Gasteiger partial charge in [-0.25, -0.2) is 4.79 Å². The summed E-state index contributed by atoms with van der Waals surface area (Å²) in [5, 5.41) is 5.50. The van der Waals surface area contributed by atoms with Gasteiger partial charge in [0.15, 0.2) is 11.5 Å². The predicted molar refractivity (Wildman–Crippen MR) is 79.6 cm³/mol. The van der Waals surface area contributed by atoms with Gasteiger partial charge in [-0.15, -0.1) is 0 Å². The summed E-state index contributed by atoms with van der Waals surface area (Å²) in [5.41, 5.74) is 1.11. The maximum atomic E-state index is 11.3. The number of amides is 2. The lowest BCUT2D eigenvalue weighted by molar-refractivity contribution is 0.241. The Kier molecular flexibility index (Phi) is 7.32. The normalized spacial score (nSPS) is 9.95. The van der Waals surface area contributed by atoms with Gasteiger partial charge in [0.25, 0.3) is 0 Å². The van der Waals surface area contributed by atoms with Gasteiger partial charge in [0.05, 0.1) is 13.2 Å². The average Bonchev–Trinajstić information content (AvgIpc) is 2.42. The molecule has 0 bridgehead atoms. The summed E-state index contributed by atoms with van der Waals surface area (Å²) >= 11 is 0. The van der Waals surface area contributed by atoms with Crippen molar-refractivity contribution in [2.75, 3.05) is 26.3 Å². The molecule has 0 unspecified atom stereocenters. The van der Waals surface area contributed by atoms with E-state index >= 15 is 0 Å². The molecule has 0 saturated carbocycles. The maximum Gasteiger partial charge on any atom is 0.314 e. The molecule has 0 aromatic heterocycles. The SMILES string of the molecule is CCNC(=O)NCCc1ccc(OCC)c(OCC)c1. The van der Waals surface area contributed by atoms with Crippen molar-refractivity contribution in [3.8, 4) is 11.5 Å². The minimum atomic E-state index is -0.136. The predicted octanol–water partition coefficient (Wildman–Crippen LogP) is 2.35. The van der Waals surface area contributed by atoms with Gasteiger partial charge >= 0.3 is 6.03 Å². The van der Waals surface area contributed by atoms with Crippen LogP contribution in [0.5, 0.6) is 11.5 Å². The van der Waals surface area contributed by atoms with Crippen LogP contribution in [0.2, 0.25) is 0 Å². The van der Waals surface area contributed by atoms with E-state index < -0.39 is 0 Å². The van der Waals surface area contributed by atoms with Crippen LogP contribution in [-0.4, -0.2) is 32.3 Å². The quantitative estimate of drug-likeness (QED) is 0.768. The summed E-state index contributed by atoms with van der Waals surface area (Å²) < 4.78 is 11.1. The van der Waals surface area contributed by atoms with Crippen molar-refractivity contribution < 1.29 is 14.3 Å². The third-order valence-corrected chi connectivity index (χ3v) is 2.64. The Hall–Kier alpha value is -1.91. The number of nitrogens with one attached hydrogen (secondary N) is 2. The highest BCUT2D eigenvalue weighted by Crippen LogP contribution is 2.28. The highest BCUT2D eigenvalue weighted by molar-refractivity contribution is 5.73. The molecule has 0 spiro atoms. The Balaban J connectivity index is 2.57. The summed E-state index contributed by atoms with van der Waals surface area (Å²) in [7, 11) is 0. The van der Waals surface area contributed by atoms with Gasteiger partial charge in [-0.05, 0) is 44.9 Å². The van der Waals surface area contributed by atoms with Crippen molar-refractivity contribution in [3.05, 3.63) is 23.8 Å². The van der Waals surface area contributed by atoms with Gasteiger partial charge in [-0.1, -0.05) is 6.07 Å². The molecule has 0 radical (unpaired) electrons. The Bertz CT molecular complexity index is 422. The van der Waals surface area contributed by atoms with Crippen LogP contribution in [0.4, 0.5) is 4.79 Å². The van der Waals surface area contributed by atoms with E-state index in [2.05, 4.69) is 10.6 Å². The molecular formula is C15H24N2O3. The number of urea groups is 1. The van der Waals surface area contributed by atoms with Gasteiger partial charge in [0, 0.05) is 13.1 Å². The van der Waals surface area contributed by atoms with Crippen molar-refractivity contribution in [1.82, 2.24) is 10.6 Å². The van der Waals surface area contributed by atoms with E-state index in [4.69, 9.17) is 9.47 Å². The van der Waals surface area contributed by atoms with E-state index in [-0.39, 0.29) is 6.03 Å². The fourth-order valence-electron chi connectivity index (χ4n) is 1.79. The van der Waals surface area contributed by atoms with Crippen molar-refractivity contribution in [2.24, 2.45) is 0 Å². The second kappa shape index (κ2) is 9.07. The molecule has 0 aliphatic carbocycles. The average molecular weight is 280 g/mol. The summed E-state index contributed by atoms with van der Waals surface area (Å²) in [4.78, 5) is 11.3. The maximum absolute atomic E-state index is 11.3. The van der Waals surface area contributed by atoms with Crippen molar-refractivity contribution in [3.63, 3.8) is 0 Å². The molecule has 112 valence electrons. The van der Waals surface area contributed by atoms with Crippen LogP contribution in [0, 0.1) is 0 Å².